The van der Waals surface area contributed by atoms with E-state index in [1.165, 1.54) is 27.2 Å². The normalized spacial score (nSPS) is 12.1. The summed E-state index contributed by atoms with van der Waals surface area (Å²) in [7, 11) is 2.15. The maximum atomic E-state index is 4.95. The zero-order valence-corrected chi connectivity index (χ0v) is 18.7. The Balaban J connectivity index is 2.26. The molecule has 0 aliphatic heterocycles. The monoisotopic (exact) mass is 396 g/mol. The molecule has 4 aromatic rings. The molecule has 0 atom stereocenters. The van der Waals surface area contributed by atoms with Crippen LogP contribution in [0.5, 0.6) is 0 Å². The first-order valence-electron chi connectivity index (χ1n) is 10.6. The average Bonchev–Trinajstić information content (AvgIpc) is 3.05. The fourth-order valence-corrected chi connectivity index (χ4v) is 4.52. The number of fused-ring (bicyclic) bond motifs is 5. The van der Waals surface area contributed by atoms with Gasteiger partial charge in [0.2, 0.25) is 5.52 Å². The Morgan fingerprint density at radius 1 is 1.20 bits per heavy atom. The van der Waals surface area contributed by atoms with Crippen LogP contribution in [0.1, 0.15) is 44.9 Å². The average molecular weight is 397 g/mol. The van der Waals surface area contributed by atoms with Gasteiger partial charge < -0.3 is 4.57 Å². The molecular formula is C27H30N3+. The van der Waals surface area contributed by atoms with Gasteiger partial charge in [0.25, 0.3) is 6.33 Å². The summed E-state index contributed by atoms with van der Waals surface area (Å²) >= 11 is 0. The van der Waals surface area contributed by atoms with Crippen LogP contribution in [-0.4, -0.2) is 9.55 Å². The first kappa shape index (κ1) is 20.1. The Morgan fingerprint density at radius 2 is 1.93 bits per heavy atom. The summed E-state index contributed by atoms with van der Waals surface area (Å²) in [6, 6.07) is 11.0. The van der Waals surface area contributed by atoms with Crippen LogP contribution in [-0.2, 0) is 13.6 Å². The van der Waals surface area contributed by atoms with Crippen LogP contribution in [0.2, 0.25) is 0 Å². The number of allylic oxidation sites excluding steroid dienone is 4. The Morgan fingerprint density at radius 3 is 2.60 bits per heavy atom. The van der Waals surface area contributed by atoms with Gasteiger partial charge in [-0.3, -0.25) is 0 Å². The van der Waals surface area contributed by atoms with Crippen molar-refractivity contribution < 1.29 is 4.57 Å². The number of hydrogen-bond donors (Lipinski definition) is 0. The maximum absolute atomic E-state index is 4.95. The van der Waals surface area contributed by atoms with Gasteiger partial charge in [-0.2, -0.15) is 0 Å². The van der Waals surface area contributed by atoms with Gasteiger partial charge in [-0.1, -0.05) is 63.4 Å². The Bertz CT molecular complexity index is 1350. The predicted octanol–water partition coefficient (Wildman–Crippen LogP) is 6.46. The second-order valence-electron chi connectivity index (χ2n) is 8.20. The molecule has 3 nitrogen and oxygen atoms in total. The zero-order chi connectivity index (χ0) is 21.6. The van der Waals surface area contributed by atoms with Crippen molar-refractivity contribution in [1.82, 2.24) is 9.55 Å². The molecule has 2 heterocycles. The largest absolute Gasteiger partial charge is 0.337 e. The third-order valence-corrected chi connectivity index (χ3v) is 6.03. The van der Waals surface area contributed by atoms with Crippen molar-refractivity contribution in [3.8, 4) is 0 Å². The van der Waals surface area contributed by atoms with Gasteiger partial charge in [0, 0.05) is 12.6 Å². The molecule has 0 fully saturated rings. The smallest absolute Gasteiger partial charge is 0.287 e. The minimum atomic E-state index is 0.406. The molecule has 0 saturated carbocycles. The van der Waals surface area contributed by atoms with E-state index < -0.39 is 0 Å². The lowest BCUT2D eigenvalue weighted by molar-refractivity contribution is -0.697. The standard InChI is InChI=1S/C27H30N3/c1-8-12-18(5)19(6)25-27-24(28-16-30(25)9-2)23-21-14-11-10-13-20(21)15-22(17(3)4)26(23)29(27)7/h8,10-17H,5-6,9H2,1-4,7H3/q+1/b12-8-. The number of rotatable bonds is 5. The number of hydrogen-bond acceptors (Lipinski definition) is 1. The highest BCUT2D eigenvalue weighted by atomic mass is 15.1. The molecule has 152 valence electrons. The summed E-state index contributed by atoms with van der Waals surface area (Å²) in [4.78, 5) is 4.95. The first-order chi connectivity index (χ1) is 14.4. The number of aryl methyl sites for hydroxylation is 2. The first-order valence-corrected chi connectivity index (χ1v) is 10.6. The van der Waals surface area contributed by atoms with Crippen molar-refractivity contribution in [1.29, 1.82) is 0 Å². The van der Waals surface area contributed by atoms with E-state index in [9.17, 15) is 0 Å². The molecule has 2 aromatic heterocycles. The van der Waals surface area contributed by atoms with Crippen LogP contribution in [0.4, 0.5) is 0 Å². The third kappa shape index (κ3) is 2.88. The summed E-state index contributed by atoms with van der Waals surface area (Å²) in [5, 5.41) is 3.73. The molecule has 0 saturated heterocycles. The van der Waals surface area contributed by atoms with E-state index in [1.807, 2.05) is 25.4 Å². The lowest BCUT2D eigenvalue weighted by atomic mass is 9.95. The van der Waals surface area contributed by atoms with Crippen LogP contribution < -0.4 is 4.57 Å². The summed E-state index contributed by atoms with van der Waals surface area (Å²) in [5.41, 5.74) is 7.68. The molecule has 0 bridgehead atoms. The van der Waals surface area contributed by atoms with Gasteiger partial charge in [-0.05, 0) is 52.7 Å². The molecule has 0 N–H and O–H groups in total. The second-order valence-corrected chi connectivity index (χ2v) is 8.20. The highest BCUT2D eigenvalue weighted by Gasteiger charge is 2.27. The van der Waals surface area contributed by atoms with E-state index in [0.29, 0.717) is 5.92 Å². The SMILES string of the molecule is C=C(/C=C\C)C(=C)c1c2c(nc[n+]1CC)c1c3ccccc3cc(C(C)C)c1n2C. The zero-order valence-electron chi connectivity index (χ0n) is 18.7. The van der Waals surface area contributed by atoms with Crippen LogP contribution >= 0.6 is 0 Å². The van der Waals surface area contributed by atoms with Gasteiger partial charge in [0.1, 0.15) is 5.52 Å². The van der Waals surface area contributed by atoms with E-state index in [0.717, 1.165) is 34.4 Å². The van der Waals surface area contributed by atoms with E-state index in [-0.39, 0.29) is 0 Å². The van der Waals surface area contributed by atoms with Crippen LogP contribution in [0.25, 0.3) is 38.3 Å². The fraction of sp³-hybridized carbons (Fsp3) is 0.259. The van der Waals surface area contributed by atoms with Crippen LogP contribution in [0.15, 0.2) is 67.5 Å². The molecule has 30 heavy (non-hydrogen) atoms. The topological polar surface area (TPSA) is 21.7 Å². The summed E-state index contributed by atoms with van der Waals surface area (Å²) < 4.78 is 4.49. The van der Waals surface area contributed by atoms with Gasteiger partial charge in [-0.15, -0.1) is 0 Å². The second kappa shape index (κ2) is 7.56. The molecule has 4 rings (SSSR count). The van der Waals surface area contributed by atoms with Gasteiger partial charge in [0.15, 0.2) is 5.69 Å². The molecule has 0 radical (unpaired) electrons. The van der Waals surface area contributed by atoms with E-state index >= 15 is 0 Å². The maximum Gasteiger partial charge on any atom is 0.287 e. The van der Waals surface area contributed by atoms with Crippen LogP contribution in [0.3, 0.4) is 0 Å². The molecular weight excluding hydrogens is 366 g/mol. The van der Waals surface area contributed by atoms with E-state index in [4.69, 9.17) is 4.98 Å². The van der Waals surface area contributed by atoms with E-state index in [1.54, 1.807) is 0 Å². The fourth-order valence-electron chi connectivity index (χ4n) is 4.52. The molecule has 0 aliphatic carbocycles. The summed E-state index contributed by atoms with van der Waals surface area (Å²) in [6.07, 6.45) is 5.97. The predicted molar refractivity (Wildman–Crippen MR) is 129 cm³/mol. The minimum Gasteiger partial charge on any atom is -0.337 e. The number of benzene rings is 2. The third-order valence-electron chi connectivity index (χ3n) is 6.03. The van der Waals surface area contributed by atoms with Gasteiger partial charge in [-0.25, -0.2) is 4.57 Å². The Hall–Kier alpha value is -3.20. The van der Waals surface area contributed by atoms with Crippen molar-refractivity contribution in [2.24, 2.45) is 7.05 Å². The molecule has 0 amide bonds. The summed E-state index contributed by atoms with van der Waals surface area (Å²) in [5.74, 6) is 0.406. The number of nitrogens with zero attached hydrogens (tertiary/aromatic N) is 3. The highest BCUT2D eigenvalue weighted by Crippen LogP contribution is 2.39. The lowest BCUT2D eigenvalue weighted by Gasteiger charge is -2.13. The molecule has 0 spiro atoms. The van der Waals surface area contributed by atoms with Crippen molar-refractivity contribution in [3.63, 3.8) is 0 Å². The minimum absolute atomic E-state index is 0.406. The Labute approximate surface area is 178 Å². The summed E-state index contributed by atoms with van der Waals surface area (Å²) in [6.45, 7) is 18.2. The van der Waals surface area contributed by atoms with Gasteiger partial charge in [0.05, 0.1) is 17.4 Å². The van der Waals surface area contributed by atoms with E-state index in [2.05, 4.69) is 80.4 Å². The Kier molecular flexibility index (Phi) is 5.07. The van der Waals surface area contributed by atoms with Crippen molar-refractivity contribution in [2.45, 2.75) is 40.2 Å². The molecule has 3 heteroatoms. The van der Waals surface area contributed by atoms with Crippen LogP contribution in [0, 0.1) is 0 Å². The highest BCUT2D eigenvalue weighted by molar-refractivity contribution is 6.21. The molecule has 0 aliphatic rings. The van der Waals surface area contributed by atoms with Crippen molar-refractivity contribution >= 4 is 38.3 Å². The quantitative estimate of drug-likeness (QED) is 0.280. The molecule has 2 aromatic carbocycles. The van der Waals surface area contributed by atoms with Crippen molar-refractivity contribution in [2.75, 3.05) is 0 Å². The molecule has 0 unspecified atom stereocenters. The van der Waals surface area contributed by atoms with Gasteiger partial charge >= 0.3 is 0 Å². The number of aromatic nitrogens is 3. The van der Waals surface area contributed by atoms with Crippen molar-refractivity contribution in [3.05, 3.63) is 78.8 Å². The lowest BCUT2D eigenvalue weighted by Crippen LogP contribution is -2.38.